The van der Waals surface area contributed by atoms with E-state index >= 15 is 0 Å². The Balaban J connectivity index is 1.34. The maximum Gasteiger partial charge on any atom is 0.341 e. The van der Waals surface area contributed by atoms with Crippen LogP contribution in [-0.2, 0) is 9.53 Å². The van der Waals surface area contributed by atoms with Crippen LogP contribution in [0.2, 0.25) is 0 Å². The van der Waals surface area contributed by atoms with Crippen molar-refractivity contribution in [1.82, 2.24) is 19.2 Å². The number of ether oxygens (including phenoxy) is 1. The number of aromatic nitrogens is 4. The predicted octanol–water partition coefficient (Wildman–Crippen LogP) is 5.22. The monoisotopic (exact) mass is 527 g/mol. The van der Waals surface area contributed by atoms with E-state index in [1.54, 1.807) is 9.58 Å². The first-order valence-corrected chi connectivity index (χ1v) is 13.8. The lowest BCUT2D eigenvalue weighted by atomic mass is 9.82. The second-order valence-corrected chi connectivity index (χ2v) is 10.8. The van der Waals surface area contributed by atoms with Gasteiger partial charge in [-0.25, -0.2) is 14.5 Å². The zero-order valence-electron chi connectivity index (χ0n) is 22.1. The molecule has 1 amide bonds. The zero-order valence-corrected chi connectivity index (χ0v) is 22.1. The van der Waals surface area contributed by atoms with E-state index in [0.717, 1.165) is 42.6 Å². The Morgan fingerprint density at radius 1 is 0.974 bits per heavy atom. The van der Waals surface area contributed by atoms with Crippen LogP contribution < -0.4 is 4.90 Å². The van der Waals surface area contributed by atoms with E-state index in [2.05, 4.69) is 11.9 Å². The summed E-state index contributed by atoms with van der Waals surface area (Å²) in [6.45, 7) is 3.31. The first-order chi connectivity index (χ1) is 19.0. The number of benzene rings is 1. The van der Waals surface area contributed by atoms with Crippen molar-refractivity contribution in [3.63, 3.8) is 0 Å². The van der Waals surface area contributed by atoms with Crippen molar-refractivity contribution < 1.29 is 19.4 Å². The van der Waals surface area contributed by atoms with Crippen molar-refractivity contribution in [3.8, 4) is 16.9 Å². The Morgan fingerprint density at radius 2 is 1.72 bits per heavy atom. The quantitative estimate of drug-likeness (QED) is 0.369. The van der Waals surface area contributed by atoms with E-state index in [1.807, 2.05) is 59.3 Å². The number of pyridine rings is 1. The highest BCUT2D eigenvalue weighted by Gasteiger charge is 2.37. The molecule has 0 unspecified atom stereocenters. The van der Waals surface area contributed by atoms with E-state index in [4.69, 9.17) is 9.84 Å². The normalized spacial score (nSPS) is 20.2. The summed E-state index contributed by atoms with van der Waals surface area (Å²) in [5.74, 6) is -0.380. The highest BCUT2D eigenvalue weighted by atomic mass is 16.5. The number of amides is 1. The molecule has 0 atom stereocenters. The molecule has 6 rings (SSSR count). The van der Waals surface area contributed by atoms with Gasteiger partial charge in [0.15, 0.2) is 5.82 Å². The number of hydrogen-bond donors (Lipinski definition) is 1. The Morgan fingerprint density at radius 3 is 2.41 bits per heavy atom. The summed E-state index contributed by atoms with van der Waals surface area (Å²) in [5, 5.41) is 14.9. The molecule has 1 N–H and O–H groups in total. The fraction of sp³-hybridized carbons (Fsp3) is 0.400. The number of carbonyl (C=O) groups excluding carboxylic acids is 1. The summed E-state index contributed by atoms with van der Waals surface area (Å²) in [6, 6.07) is 13.4. The van der Waals surface area contributed by atoms with Gasteiger partial charge in [-0.3, -0.25) is 9.69 Å². The molecule has 0 bridgehead atoms. The molecule has 4 aromatic rings. The third-order valence-electron chi connectivity index (χ3n) is 8.10. The van der Waals surface area contributed by atoms with E-state index in [9.17, 15) is 14.7 Å². The standard InChI is InChI=1S/C30H33N5O4/c1-20-5-7-22(8-6-20)29(36)35(24-13-16-39-17-14-24)28-25(30(37)38)18-34(32-28)23-11-9-21(10-12-23)26-19-33-15-3-2-4-27(33)31-26/h2-4,9-12,15,18-20,22,24H,5-8,13-14,16-17H2,1H3,(H,37,38). The van der Waals surface area contributed by atoms with Gasteiger partial charge in [0.25, 0.3) is 0 Å². The fourth-order valence-corrected chi connectivity index (χ4v) is 5.79. The lowest BCUT2D eigenvalue weighted by Gasteiger charge is -2.37. The van der Waals surface area contributed by atoms with Crippen LogP contribution in [0.5, 0.6) is 0 Å². The smallest absolute Gasteiger partial charge is 0.341 e. The summed E-state index contributed by atoms with van der Waals surface area (Å²) in [5.41, 5.74) is 3.40. The van der Waals surface area contributed by atoms with E-state index in [1.165, 1.54) is 6.20 Å². The summed E-state index contributed by atoms with van der Waals surface area (Å²) in [6.07, 6.45) is 10.4. The van der Waals surface area contributed by atoms with Gasteiger partial charge in [0, 0.05) is 49.3 Å². The molecular formula is C30H33N5O4. The molecule has 1 aliphatic carbocycles. The van der Waals surface area contributed by atoms with Crippen LogP contribution in [0.25, 0.3) is 22.6 Å². The Hall–Kier alpha value is -3.98. The lowest BCUT2D eigenvalue weighted by molar-refractivity contribution is -0.124. The molecule has 202 valence electrons. The third-order valence-corrected chi connectivity index (χ3v) is 8.10. The van der Waals surface area contributed by atoms with E-state index in [-0.39, 0.29) is 29.2 Å². The minimum absolute atomic E-state index is 0.0104. The third kappa shape index (κ3) is 5.06. The Kier molecular flexibility index (Phi) is 6.91. The number of carboxylic acids is 1. The molecule has 2 aliphatic rings. The number of fused-ring (bicyclic) bond motifs is 1. The average molecular weight is 528 g/mol. The van der Waals surface area contributed by atoms with Gasteiger partial charge < -0.3 is 14.2 Å². The van der Waals surface area contributed by atoms with Gasteiger partial charge in [-0.2, -0.15) is 0 Å². The number of imidazole rings is 1. The van der Waals surface area contributed by atoms with Crippen molar-refractivity contribution >= 4 is 23.3 Å². The van der Waals surface area contributed by atoms with Crippen LogP contribution in [-0.4, -0.2) is 55.4 Å². The molecule has 9 nitrogen and oxygen atoms in total. The van der Waals surface area contributed by atoms with Crippen LogP contribution in [0.1, 0.15) is 55.8 Å². The first kappa shape index (κ1) is 25.3. The number of nitrogens with zero attached hydrogens (tertiary/aromatic N) is 5. The highest BCUT2D eigenvalue weighted by molar-refractivity contribution is 6.02. The van der Waals surface area contributed by atoms with Crippen molar-refractivity contribution in [2.45, 2.75) is 51.5 Å². The summed E-state index contributed by atoms with van der Waals surface area (Å²) in [7, 11) is 0. The minimum Gasteiger partial charge on any atom is -0.477 e. The molecule has 0 spiro atoms. The molecule has 1 aromatic carbocycles. The van der Waals surface area contributed by atoms with E-state index in [0.29, 0.717) is 37.7 Å². The second kappa shape index (κ2) is 10.6. The van der Waals surface area contributed by atoms with Gasteiger partial charge in [0.1, 0.15) is 11.2 Å². The average Bonchev–Trinajstić information content (AvgIpc) is 3.60. The van der Waals surface area contributed by atoms with Crippen molar-refractivity contribution in [2.75, 3.05) is 18.1 Å². The Labute approximate surface area is 227 Å². The maximum absolute atomic E-state index is 13.9. The van der Waals surface area contributed by atoms with Gasteiger partial charge in [-0.05, 0) is 68.7 Å². The van der Waals surface area contributed by atoms with Crippen LogP contribution in [0.4, 0.5) is 5.82 Å². The lowest BCUT2D eigenvalue weighted by Crippen LogP contribution is -2.47. The molecular weight excluding hydrogens is 494 g/mol. The van der Waals surface area contributed by atoms with Gasteiger partial charge >= 0.3 is 5.97 Å². The zero-order chi connectivity index (χ0) is 26.9. The molecule has 2 fully saturated rings. The molecule has 4 heterocycles. The van der Waals surface area contributed by atoms with Crippen LogP contribution in [0.15, 0.2) is 61.1 Å². The number of aromatic carboxylic acids is 1. The largest absolute Gasteiger partial charge is 0.477 e. The molecule has 3 aromatic heterocycles. The molecule has 9 heteroatoms. The number of anilines is 1. The molecule has 0 radical (unpaired) electrons. The van der Waals surface area contributed by atoms with Crippen molar-refractivity contribution in [3.05, 3.63) is 66.6 Å². The summed E-state index contributed by atoms with van der Waals surface area (Å²) in [4.78, 5) is 32.7. The summed E-state index contributed by atoms with van der Waals surface area (Å²) >= 11 is 0. The maximum atomic E-state index is 13.9. The van der Waals surface area contributed by atoms with Gasteiger partial charge in [-0.1, -0.05) is 25.1 Å². The van der Waals surface area contributed by atoms with E-state index < -0.39 is 5.97 Å². The summed E-state index contributed by atoms with van der Waals surface area (Å²) < 4.78 is 9.09. The number of hydrogen-bond acceptors (Lipinski definition) is 5. The van der Waals surface area contributed by atoms with Crippen LogP contribution in [0, 0.1) is 11.8 Å². The fourth-order valence-electron chi connectivity index (χ4n) is 5.79. The van der Waals surface area contributed by atoms with Gasteiger partial charge in [-0.15, -0.1) is 5.10 Å². The van der Waals surface area contributed by atoms with Crippen LogP contribution in [0.3, 0.4) is 0 Å². The van der Waals surface area contributed by atoms with Gasteiger partial charge in [0.05, 0.1) is 11.4 Å². The second-order valence-electron chi connectivity index (χ2n) is 10.8. The molecule has 1 saturated carbocycles. The van der Waals surface area contributed by atoms with Crippen LogP contribution >= 0.6 is 0 Å². The SMILES string of the molecule is CC1CCC(C(=O)N(c2nn(-c3ccc(-c4cn5ccccc5n4)cc3)cc2C(=O)O)C2CCOCC2)CC1. The molecule has 39 heavy (non-hydrogen) atoms. The highest BCUT2D eigenvalue weighted by Crippen LogP contribution is 2.34. The van der Waals surface area contributed by atoms with Gasteiger partial charge in [0.2, 0.25) is 5.91 Å². The first-order valence-electron chi connectivity index (χ1n) is 13.8. The number of carboxylic acid groups (broad SMARTS) is 1. The Bertz CT molecular complexity index is 1440. The topological polar surface area (TPSA) is 102 Å². The van der Waals surface area contributed by atoms with Crippen molar-refractivity contribution in [2.24, 2.45) is 11.8 Å². The molecule has 1 saturated heterocycles. The minimum atomic E-state index is -1.10. The van der Waals surface area contributed by atoms with Crippen molar-refractivity contribution in [1.29, 1.82) is 0 Å². The molecule has 1 aliphatic heterocycles. The number of carbonyl (C=O) groups is 2. The predicted molar refractivity (Wildman–Crippen MR) is 147 cm³/mol. The number of rotatable bonds is 6.